The second-order valence-corrected chi connectivity index (χ2v) is 3.33. The topological polar surface area (TPSA) is 102 Å². The maximum absolute atomic E-state index is 13.5. The molecule has 0 atom stereocenters. The lowest BCUT2D eigenvalue weighted by Crippen LogP contribution is -1.95. The first-order chi connectivity index (χ1) is 9.10. The van der Waals surface area contributed by atoms with Gasteiger partial charge in [0.25, 0.3) is 5.69 Å². The number of aromatic nitrogens is 2. The monoisotopic (exact) mass is 260 g/mol. The second kappa shape index (κ2) is 5.05. The van der Waals surface area contributed by atoms with Crippen molar-refractivity contribution in [1.29, 1.82) is 5.26 Å². The zero-order chi connectivity index (χ0) is 13.8. The van der Waals surface area contributed by atoms with Gasteiger partial charge in [0, 0.05) is 6.07 Å². The minimum Gasteiger partial charge on any atom is -0.434 e. The van der Waals surface area contributed by atoms with Crippen molar-refractivity contribution in [3.8, 4) is 17.7 Å². The average Bonchev–Trinajstić information content (AvgIpc) is 2.41. The fourth-order valence-electron chi connectivity index (χ4n) is 1.23. The number of halogens is 1. The Morgan fingerprint density at radius 1 is 1.37 bits per heavy atom. The van der Waals surface area contributed by atoms with Crippen LogP contribution in [0.15, 0.2) is 30.6 Å². The zero-order valence-electron chi connectivity index (χ0n) is 9.28. The molecule has 0 radical (unpaired) electrons. The van der Waals surface area contributed by atoms with Gasteiger partial charge in [-0.25, -0.2) is 14.4 Å². The van der Waals surface area contributed by atoms with Gasteiger partial charge in [0.2, 0.25) is 5.88 Å². The Bertz CT molecular complexity index is 667. The number of ether oxygens (including phenoxy) is 1. The van der Waals surface area contributed by atoms with Crippen molar-refractivity contribution in [2.24, 2.45) is 0 Å². The van der Waals surface area contributed by atoms with Crippen LogP contribution in [0.2, 0.25) is 0 Å². The molecule has 0 fully saturated rings. The Morgan fingerprint density at radius 3 is 2.68 bits per heavy atom. The highest BCUT2D eigenvalue weighted by atomic mass is 19.1. The molecule has 19 heavy (non-hydrogen) atoms. The van der Waals surface area contributed by atoms with Crippen molar-refractivity contribution in [2.45, 2.75) is 0 Å². The third kappa shape index (κ3) is 2.78. The predicted molar refractivity (Wildman–Crippen MR) is 59.9 cm³/mol. The molecule has 0 saturated heterocycles. The molecule has 7 nitrogen and oxygen atoms in total. The van der Waals surface area contributed by atoms with Crippen LogP contribution in [0.5, 0.6) is 11.6 Å². The molecule has 2 aromatic rings. The standard InChI is InChI=1S/C11H5FN4O3/c12-9-3-8(16(17)18)1-2-10(9)19-11-6-14-7(4-13)5-15-11/h1-3,5-6H. The largest absolute Gasteiger partial charge is 0.434 e. The van der Waals surface area contributed by atoms with Gasteiger partial charge >= 0.3 is 0 Å². The van der Waals surface area contributed by atoms with Crippen LogP contribution in [0.3, 0.4) is 0 Å². The van der Waals surface area contributed by atoms with Crippen molar-refractivity contribution < 1.29 is 14.1 Å². The first-order valence-corrected chi connectivity index (χ1v) is 4.94. The Hall–Kier alpha value is -3.08. The number of rotatable bonds is 3. The van der Waals surface area contributed by atoms with E-state index in [1.54, 1.807) is 6.07 Å². The SMILES string of the molecule is N#Cc1cnc(Oc2ccc([N+](=O)[O-])cc2F)cn1. The van der Waals surface area contributed by atoms with Crippen molar-refractivity contribution in [3.05, 3.63) is 52.2 Å². The van der Waals surface area contributed by atoms with Gasteiger partial charge in [-0.05, 0) is 6.07 Å². The number of nitriles is 1. The van der Waals surface area contributed by atoms with Gasteiger partial charge < -0.3 is 4.74 Å². The highest BCUT2D eigenvalue weighted by Gasteiger charge is 2.12. The van der Waals surface area contributed by atoms with Gasteiger partial charge in [-0.15, -0.1) is 0 Å². The molecule has 0 aliphatic rings. The second-order valence-electron chi connectivity index (χ2n) is 3.33. The molecule has 1 aromatic carbocycles. The molecule has 1 aromatic heterocycles. The first kappa shape index (κ1) is 12.4. The van der Waals surface area contributed by atoms with E-state index in [1.165, 1.54) is 6.20 Å². The Labute approximate surface area is 106 Å². The quantitative estimate of drug-likeness (QED) is 0.619. The van der Waals surface area contributed by atoms with Crippen LogP contribution in [0, 0.1) is 27.3 Å². The molecule has 0 unspecified atom stereocenters. The summed E-state index contributed by atoms with van der Waals surface area (Å²) < 4.78 is 18.6. The van der Waals surface area contributed by atoms with Crippen molar-refractivity contribution in [1.82, 2.24) is 9.97 Å². The lowest BCUT2D eigenvalue weighted by molar-refractivity contribution is -0.385. The maximum atomic E-state index is 13.5. The summed E-state index contributed by atoms with van der Waals surface area (Å²) in [7, 11) is 0. The Balaban J connectivity index is 2.23. The van der Waals surface area contributed by atoms with Gasteiger partial charge in [0.15, 0.2) is 17.3 Å². The number of nitro benzene ring substituents is 1. The van der Waals surface area contributed by atoms with Crippen molar-refractivity contribution in [2.75, 3.05) is 0 Å². The molecule has 0 N–H and O–H groups in total. The van der Waals surface area contributed by atoms with E-state index >= 15 is 0 Å². The van der Waals surface area contributed by atoms with Crippen LogP contribution in [-0.2, 0) is 0 Å². The first-order valence-electron chi connectivity index (χ1n) is 4.94. The number of benzene rings is 1. The van der Waals surface area contributed by atoms with E-state index in [4.69, 9.17) is 10.00 Å². The fraction of sp³-hybridized carbons (Fsp3) is 0. The summed E-state index contributed by atoms with van der Waals surface area (Å²) in [6.07, 6.45) is 2.32. The van der Waals surface area contributed by atoms with Gasteiger partial charge in [0.1, 0.15) is 6.07 Å². The van der Waals surface area contributed by atoms with Crippen molar-refractivity contribution >= 4 is 5.69 Å². The molecule has 2 rings (SSSR count). The third-order valence-corrected chi connectivity index (χ3v) is 2.08. The molecule has 0 aliphatic carbocycles. The molecule has 0 saturated carbocycles. The summed E-state index contributed by atoms with van der Waals surface area (Å²) in [6, 6.07) is 4.74. The van der Waals surface area contributed by atoms with E-state index in [1.807, 2.05) is 0 Å². The number of non-ortho nitro benzene ring substituents is 1. The zero-order valence-corrected chi connectivity index (χ0v) is 9.28. The molecular formula is C11H5FN4O3. The summed E-state index contributed by atoms with van der Waals surface area (Å²) in [5.74, 6) is -1.13. The van der Waals surface area contributed by atoms with E-state index in [0.29, 0.717) is 0 Å². The lowest BCUT2D eigenvalue weighted by Gasteiger charge is -2.04. The molecule has 0 bridgehead atoms. The Morgan fingerprint density at radius 2 is 2.16 bits per heavy atom. The molecule has 0 amide bonds. The van der Waals surface area contributed by atoms with E-state index in [2.05, 4.69) is 9.97 Å². The fourth-order valence-corrected chi connectivity index (χ4v) is 1.23. The molecule has 94 valence electrons. The molecular weight excluding hydrogens is 255 g/mol. The van der Waals surface area contributed by atoms with E-state index in [-0.39, 0.29) is 23.0 Å². The lowest BCUT2D eigenvalue weighted by atomic mass is 10.3. The number of hydrogen-bond donors (Lipinski definition) is 0. The molecule has 0 spiro atoms. The summed E-state index contributed by atoms with van der Waals surface area (Å²) in [5.41, 5.74) is -0.285. The molecule has 8 heteroatoms. The smallest absolute Gasteiger partial charge is 0.272 e. The van der Waals surface area contributed by atoms with Crippen molar-refractivity contribution in [3.63, 3.8) is 0 Å². The van der Waals surface area contributed by atoms with Gasteiger partial charge in [0.05, 0.1) is 23.4 Å². The summed E-state index contributed by atoms with van der Waals surface area (Å²) in [4.78, 5) is 17.1. The van der Waals surface area contributed by atoms with Crippen LogP contribution >= 0.6 is 0 Å². The highest BCUT2D eigenvalue weighted by molar-refractivity contribution is 5.39. The summed E-state index contributed by atoms with van der Waals surface area (Å²) in [6.45, 7) is 0. The minimum atomic E-state index is -0.889. The van der Waals surface area contributed by atoms with Crippen LogP contribution in [0.25, 0.3) is 0 Å². The Kier molecular flexibility index (Phi) is 3.29. The number of nitro groups is 1. The highest BCUT2D eigenvalue weighted by Crippen LogP contribution is 2.25. The van der Waals surface area contributed by atoms with Crippen LogP contribution in [0.4, 0.5) is 10.1 Å². The van der Waals surface area contributed by atoms with Gasteiger partial charge in [-0.2, -0.15) is 5.26 Å². The van der Waals surface area contributed by atoms with E-state index in [9.17, 15) is 14.5 Å². The van der Waals surface area contributed by atoms with Crippen LogP contribution in [0.1, 0.15) is 5.69 Å². The van der Waals surface area contributed by atoms with Gasteiger partial charge in [-0.1, -0.05) is 0 Å². The van der Waals surface area contributed by atoms with E-state index < -0.39 is 10.7 Å². The normalized spacial score (nSPS) is 9.68. The maximum Gasteiger partial charge on any atom is 0.272 e. The minimum absolute atomic E-state index is 0.0215. The molecule has 1 heterocycles. The van der Waals surface area contributed by atoms with E-state index in [0.717, 1.165) is 24.4 Å². The molecule has 0 aliphatic heterocycles. The van der Waals surface area contributed by atoms with Crippen LogP contribution in [-0.4, -0.2) is 14.9 Å². The summed E-state index contributed by atoms with van der Waals surface area (Å²) in [5, 5.41) is 19.0. The third-order valence-electron chi connectivity index (χ3n) is 2.08. The predicted octanol–water partition coefficient (Wildman–Crippen LogP) is 2.19. The summed E-state index contributed by atoms with van der Waals surface area (Å²) >= 11 is 0. The average molecular weight is 260 g/mol. The van der Waals surface area contributed by atoms with Crippen LogP contribution < -0.4 is 4.74 Å². The van der Waals surface area contributed by atoms with Gasteiger partial charge in [-0.3, -0.25) is 10.1 Å². The number of hydrogen-bond acceptors (Lipinski definition) is 6. The number of nitrogens with zero attached hydrogens (tertiary/aromatic N) is 4.